The first-order valence-electron chi connectivity index (χ1n) is 7.43. The third-order valence-electron chi connectivity index (χ3n) is 4.04. The van der Waals surface area contributed by atoms with Crippen molar-refractivity contribution in [3.63, 3.8) is 0 Å². The second-order valence-corrected chi connectivity index (χ2v) is 5.59. The lowest BCUT2D eigenvalue weighted by molar-refractivity contribution is 0.0920. The topological polar surface area (TPSA) is 80.9 Å². The van der Waals surface area contributed by atoms with Crippen molar-refractivity contribution in [2.24, 2.45) is 17.3 Å². The van der Waals surface area contributed by atoms with E-state index in [1.165, 1.54) is 0 Å². The van der Waals surface area contributed by atoms with Crippen LogP contribution in [0.25, 0.3) is 0 Å². The molecular formula is C15H19N5O2. The van der Waals surface area contributed by atoms with Crippen LogP contribution < -0.4 is 5.32 Å². The predicted octanol–water partition coefficient (Wildman–Crippen LogP) is 1.19. The Bertz CT molecular complexity index is 650. The molecule has 22 heavy (non-hydrogen) atoms. The quantitative estimate of drug-likeness (QED) is 0.801. The number of nitrogens with one attached hydrogen (secondary N) is 1. The number of amides is 1. The molecule has 0 saturated heterocycles. The Hall–Kier alpha value is -2.20. The molecule has 0 radical (unpaired) electrons. The fraction of sp³-hybridized carbons (Fsp3) is 0.600. The molecule has 2 aliphatic heterocycles. The van der Waals surface area contributed by atoms with Crippen molar-refractivity contribution in [3.05, 3.63) is 17.0 Å². The van der Waals surface area contributed by atoms with Crippen LogP contribution in [0.1, 0.15) is 41.0 Å². The predicted molar refractivity (Wildman–Crippen MR) is 79.2 cm³/mol. The molecule has 0 fully saturated rings. The van der Waals surface area contributed by atoms with Crippen LogP contribution in [-0.2, 0) is 24.8 Å². The van der Waals surface area contributed by atoms with E-state index in [1.54, 1.807) is 11.7 Å². The Morgan fingerprint density at radius 3 is 3.05 bits per heavy atom. The minimum atomic E-state index is -0.366. The van der Waals surface area contributed by atoms with Crippen molar-refractivity contribution in [1.82, 2.24) is 15.1 Å². The fourth-order valence-corrected chi connectivity index (χ4v) is 2.73. The first-order chi connectivity index (χ1) is 10.7. The molecule has 7 heteroatoms. The summed E-state index contributed by atoms with van der Waals surface area (Å²) < 4.78 is 7.06. The average molecular weight is 301 g/mol. The van der Waals surface area contributed by atoms with Gasteiger partial charge in [0.1, 0.15) is 5.69 Å². The van der Waals surface area contributed by atoms with Gasteiger partial charge in [-0.3, -0.25) is 9.48 Å². The molecule has 0 aromatic carbocycles. The van der Waals surface area contributed by atoms with Gasteiger partial charge < -0.3 is 10.1 Å². The van der Waals surface area contributed by atoms with Crippen LogP contribution in [0.15, 0.2) is 10.2 Å². The molecule has 116 valence electrons. The molecule has 0 atom stereocenters. The van der Waals surface area contributed by atoms with Crippen LogP contribution in [-0.4, -0.2) is 34.5 Å². The molecule has 2 aliphatic rings. The van der Waals surface area contributed by atoms with Gasteiger partial charge in [-0.05, 0) is 0 Å². The van der Waals surface area contributed by atoms with E-state index in [2.05, 4.69) is 26.6 Å². The van der Waals surface area contributed by atoms with Gasteiger partial charge in [0, 0.05) is 44.8 Å². The van der Waals surface area contributed by atoms with Crippen molar-refractivity contribution in [2.75, 3.05) is 13.2 Å². The average Bonchev–Trinajstić information content (AvgIpc) is 3.19. The lowest BCUT2D eigenvalue weighted by Crippen LogP contribution is -2.30. The zero-order chi connectivity index (χ0) is 15.6. The Labute approximate surface area is 129 Å². The van der Waals surface area contributed by atoms with Crippen LogP contribution >= 0.6 is 0 Å². The highest BCUT2D eigenvalue weighted by molar-refractivity contribution is 5.94. The second-order valence-electron chi connectivity index (χ2n) is 5.59. The maximum atomic E-state index is 12.4. The third kappa shape index (κ3) is 2.88. The van der Waals surface area contributed by atoms with Crippen LogP contribution in [0.5, 0.6) is 0 Å². The number of rotatable bonds is 6. The largest absolute Gasteiger partial charge is 0.376 e. The lowest BCUT2D eigenvalue weighted by Gasteiger charge is -2.13. The van der Waals surface area contributed by atoms with Crippen molar-refractivity contribution in [3.8, 4) is 12.3 Å². The van der Waals surface area contributed by atoms with E-state index < -0.39 is 0 Å². The van der Waals surface area contributed by atoms with Crippen LogP contribution in [0.4, 0.5) is 0 Å². The zero-order valence-electron chi connectivity index (χ0n) is 12.6. The summed E-state index contributed by atoms with van der Waals surface area (Å²) in [5.41, 5.74) is 2.07. The molecule has 1 aromatic heterocycles. The van der Waals surface area contributed by atoms with E-state index in [0.29, 0.717) is 38.3 Å². The normalized spacial score (nSPS) is 17.6. The highest BCUT2D eigenvalue weighted by Gasteiger charge is 2.38. The number of carbonyl (C=O) groups is 1. The van der Waals surface area contributed by atoms with E-state index in [-0.39, 0.29) is 11.6 Å². The van der Waals surface area contributed by atoms with Gasteiger partial charge in [-0.2, -0.15) is 15.3 Å². The molecule has 0 bridgehead atoms. The summed E-state index contributed by atoms with van der Waals surface area (Å²) in [4.78, 5) is 12.4. The smallest absolute Gasteiger partial charge is 0.269 e. The Morgan fingerprint density at radius 1 is 1.50 bits per heavy atom. The van der Waals surface area contributed by atoms with Crippen LogP contribution in [0.2, 0.25) is 0 Å². The monoisotopic (exact) mass is 301 g/mol. The fourth-order valence-electron chi connectivity index (χ4n) is 2.73. The maximum absolute atomic E-state index is 12.4. The molecular weight excluding hydrogens is 282 g/mol. The standard InChI is InChI=1S/C15H19N5O2/c1-3-4-6-15(18-19-15)7-8-16-14(21)13-11-10-22-9-5-12(11)17-20(13)2/h1H,4-10H2,2H3,(H,16,21). The molecule has 1 amide bonds. The Balaban J connectivity index is 1.57. The first-order valence-corrected chi connectivity index (χ1v) is 7.43. The van der Waals surface area contributed by atoms with Gasteiger partial charge in [0.15, 0.2) is 5.66 Å². The summed E-state index contributed by atoms with van der Waals surface area (Å²) in [7, 11) is 1.78. The Morgan fingerprint density at radius 2 is 2.32 bits per heavy atom. The van der Waals surface area contributed by atoms with Crippen molar-refractivity contribution in [1.29, 1.82) is 0 Å². The van der Waals surface area contributed by atoms with E-state index in [9.17, 15) is 4.79 Å². The molecule has 0 spiro atoms. The highest BCUT2D eigenvalue weighted by atomic mass is 16.5. The van der Waals surface area contributed by atoms with Gasteiger partial charge in [-0.1, -0.05) is 0 Å². The zero-order valence-corrected chi connectivity index (χ0v) is 12.6. The number of nitrogens with zero attached hydrogens (tertiary/aromatic N) is 4. The lowest BCUT2D eigenvalue weighted by atomic mass is 10.0. The number of fused-ring (bicyclic) bond motifs is 1. The number of aryl methyl sites for hydroxylation is 1. The molecule has 3 heterocycles. The molecule has 1 N–H and O–H groups in total. The molecule has 7 nitrogen and oxygen atoms in total. The number of hydrogen-bond acceptors (Lipinski definition) is 5. The number of aromatic nitrogens is 2. The second kappa shape index (κ2) is 5.89. The van der Waals surface area contributed by atoms with Gasteiger partial charge in [0.2, 0.25) is 0 Å². The highest BCUT2D eigenvalue weighted by Crippen LogP contribution is 2.36. The van der Waals surface area contributed by atoms with E-state index in [1.807, 2.05) is 0 Å². The van der Waals surface area contributed by atoms with Crippen molar-refractivity contribution < 1.29 is 9.53 Å². The minimum Gasteiger partial charge on any atom is -0.376 e. The minimum absolute atomic E-state index is 0.130. The summed E-state index contributed by atoms with van der Waals surface area (Å²) in [6.07, 6.45) is 8.08. The molecule has 1 aromatic rings. The van der Waals surface area contributed by atoms with Gasteiger partial charge in [0.25, 0.3) is 5.91 Å². The number of ether oxygens (including phenoxy) is 1. The van der Waals surface area contributed by atoms with Gasteiger partial charge in [-0.25, -0.2) is 0 Å². The summed E-state index contributed by atoms with van der Waals surface area (Å²) in [5.74, 6) is 2.46. The number of carbonyl (C=O) groups excluding carboxylic acids is 1. The third-order valence-corrected chi connectivity index (χ3v) is 4.04. The maximum Gasteiger partial charge on any atom is 0.269 e. The van der Waals surface area contributed by atoms with Gasteiger partial charge in [0.05, 0.1) is 18.9 Å². The Kier molecular flexibility index (Phi) is 3.94. The summed E-state index contributed by atoms with van der Waals surface area (Å²) in [6.45, 7) is 1.62. The van der Waals surface area contributed by atoms with E-state index in [4.69, 9.17) is 11.2 Å². The van der Waals surface area contributed by atoms with Gasteiger partial charge >= 0.3 is 0 Å². The first kappa shape index (κ1) is 14.7. The number of hydrogen-bond donors (Lipinski definition) is 1. The summed E-state index contributed by atoms with van der Waals surface area (Å²) in [5, 5.41) is 15.4. The van der Waals surface area contributed by atoms with E-state index in [0.717, 1.165) is 24.1 Å². The van der Waals surface area contributed by atoms with Crippen molar-refractivity contribution in [2.45, 2.75) is 38.0 Å². The molecule has 0 saturated carbocycles. The van der Waals surface area contributed by atoms with E-state index >= 15 is 0 Å². The molecule has 0 unspecified atom stereocenters. The number of terminal acetylenes is 1. The SMILES string of the molecule is C#CCCC1(CCNC(=O)c2c3c(nn2C)CCOC3)N=N1. The summed E-state index contributed by atoms with van der Waals surface area (Å²) in [6, 6.07) is 0. The van der Waals surface area contributed by atoms with Crippen LogP contribution in [0.3, 0.4) is 0 Å². The van der Waals surface area contributed by atoms with Crippen molar-refractivity contribution >= 4 is 5.91 Å². The summed E-state index contributed by atoms with van der Waals surface area (Å²) >= 11 is 0. The van der Waals surface area contributed by atoms with Gasteiger partial charge in [-0.15, -0.1) is 12.3 Å². The molecule has 0 aliphatic carbocycles. The van der Waals surface area contributed by atoms with Crippen LogP contribution in [0, 0.1) is 12.3 Å². The molecule has 3 rings (SSSR count).